The first kappa shape index (κ1) is 24.0. The number of likely N-dealkylation sites (tertiary alicyclic amines) is 1. The summed E-state index contributed by atoms with van der Waals surface area (Å²) in [6.45, 7) is 5.36. The lowest BCUT2D eigenvalue weighted by Gasteiger charge is -2.29. The molecule has 0 unspecified atom stereocenters. The van der Waals surface area contributed by atoms with E-state index in [1.165, 1.54) is 4.68 Å². The number of aromatic nitrogens is 2. The molecule has 3 amide bonds. The number of nitrogens with zero attached hydrogens (tertiary/aromatic N) is 4. The van der Waals surface area contributed by atoms with Crippen LogP contribution in [0, 0.1) is 0 Å². The van der Waals surface area contributed by atoms with Gasteiger partial charge in [-0.15, -0.1) is 0 Å². The fourth-order valence-corrected chi connectivity index (χ4v) is 4.43. The molecule has 2 N–H and O–H groups in total. The van der Waals surface area contributed by atoms with E-state index in [9.17, 15) is 14.4 Å². The van der Waals surface area contributed by atoms with Crippen molar-refractivity contribution in [1.82, 2.24) is 19.6 Å². The van der Waals surface area contributed by atoms with Crippen molar-refractivity contribution in [3.8, 4) is 11.4 Å². The number of benzene rings is 1. The largest absolute Gasteiger partial charge is 0.497 e. The van der Waals surface area contributed by atoms with E-state index in [4.69, 9.17) is 10.5 Å². The Balaban J connectivity index is 1.65. The third-order valence-electron chi connectivity index (χ3n) is 6.20. The van der Waals surface area contributed by atoms with Gasteiger partial charge < -0.3 is 20.3 Å². The first-order chi connectivity index (χ1) is 16.9. The number of ether oxygens (including phenoxy) is 1. The molecule has 4 rings (SSSR count). The molecule has 1 saturated heterocycles. The Morgan fingerprint density at radius 1 is 1.17 bits per heavy atom. The molecule has 182 valence electrons. The third kappa shape index (κ3) is 4.89. The maximum Gasteiger partial charge on any atom is 0.277 e. The van der Waals surface area contributed by atoms with Gasteiger partial charge in [-0.05, 0) is 55.7 Å². The molecule has 9 nitrogen and oxygen atoms in total. The summed E-state index contributed by atoms with van der Waals surface area (Å²) in [7, 11) is 1.57. The Labute approximate surface area is 204 Å². The van der Waals surface area contributed by atoms with Crippen LogP contribution in [-0.4, -0.2) is 64.0 Å². The van der Waals surface area contributed by atoms with Gasteiger partial charge >= 0.3 is 0 Å². The number of hydrogen-bond donors (Lipinski definition) is 1. The highest BCUT2D eigenvalue weighted by atomic mass is 16.5. The number of carbonyl (C=O) groups is 3. The van der Waals surface area contributed by atoms with Gasteiger partial charge in [-0.2, -0.15) is 5.10 Å². The molecule has 0 atom stereocenters. The average molecular weight is 476 g/mol. The highest BCUT2D eigenvalue weighted by Gasteiger charge is 2.34. The maximum atomic E-state index is 13.7. The molecule has 1 aromatic carbocycles. The van der Waals surface area contributed by atoms with Crippen molar-refractivity contribution in [2.45, 2.75) is 25.7 Å². The zero-order valence-corrected chi connectivity index (χ0v) is 19.8. The van der Waals surface area contributed by atoms with E-state index in [0.29, 0.717) is 54.3 Å². The van der Waals surface area contributed by atoms with Crippen molar-refractivity contribution in [2.75, 3.05) is 26.7 Å². The van der Waals surface area contributed by atoms with Crippen LogP contribution in [0.25, 0.3) is 5.69 Å². The Morgan fingerprint density at radius 2 is 1.94 bits per heavy atom. The Hall–Kier alpha value is -4.14. The van der Waals surface area contributed by atoms with Crippen molar-refractivity contribution < 1.29 is 19.1 Å². The van der Waals surface area contributed by atoms with Gasteiger partial charge in [0.2, 0.25) is 5.91 Å². The van der Waals surface area contributed by atoms with Crippen molar-refractivity contribution in [2.24, 2.45) is 5.73 Å². The smallest absolute Gasteiger partial charge is 0.277 e. The molecule has 9 heteroatoms. The Kier molecular flexibility index (Phi) is 7.14. The number of methoxy groups -OCH3 is 1. The first-order valence-electron chi connectivity index (χ1n) is 11.6. The molecule has 0 saturated carbocycles. The fraction of sp³-hybridized carbons (Fsp3) is 0.308. The summed E-state index contributed by atoms with van der Waals surface area (Å²) in [6, 6.07) is 7.04. The summed E-state index contributed by atoms with van der Waals surface area (Å²) in [5, 5.41) is 4.39. The van der Waals surface area contributed by atoms with Gasteiger partial charge in [0.1, 0.15) is 11.4 Å². The van der Waals surface area contributed by atoms with Gasteiger partial charge in [0.05, 0.1) is 12.8 Å². The number of piperidine rings is 1. The summed E-state index contributed by atoms with van der Waals surface area (Å²) in [4.78, 5) is 41.4. The molecule has 35 heavy (non-hydrogen) atoms. The second kappa shape index (κ2) is 10.4. The van der Waals surface area contributed by atoms with E-state index < -0.39 is 5.91 Å². The predicted molar refractivity (Wildman–Crippen MR) is 131 cm³/mol. The number of amides is 3. The van der Waals surface area contributed by atoms with Gasteiger partial charge in [0, 0.05) is 37.3 Å². The minimum Gasteiger partial charge on any atom is -0.497 e. The van der Waals surface area contributed by atoms with Crippen LogP contribution >= 0.6 is 0 Å². The van der Waals surface area contributed by atoms with E-state index in [0.717, 1.165) is 19.4 Å². The van der Waals surface area contributed by atoms with E-state index in [2.05, 4.69) is 11.7 Å². The van der Waals surface area contributed by atoms with Crippen molar-refractivity contribution in [3.05, 3.63) is 77.8 Å². The minimum absolute atomic E-state index is 0.0946. The summed E-state index contributed by atoms with van der Waals surface area (Å²) in [6.07, 6.45) is 10.0. The molecule has 3 heterocycles. The quantitative estimate of drug-likeness (QED) is 0.590. The summed E-state index contributed by atoms with van der Waals surface area (Å²) in [5.74, 6) is -0.167. The van der Waals surface area contributed by atoms with Crippen molar-refractivity contribution >= 4 is 17.7 Å². The molecule has 0 spiro atoms. The highest BCUT2D eigenvalue weighted by molar-refractivity contribution is 6.02. The highest BCUT2D eigenvalue weighted by Crippen LogP contribution is 2.28. The zero-order valence-electron chi connectivity index (χ0n) is 19.8. The number of allylic oxidation sites excluding steroid dienone is 3. The standard InChI is InChI=1S/C26H29N5O4/c1-3-7-18(8-6-16-29-15-5-4-9-22(29)32)30-17-14-21-23(25(27)33)28-31(24(21)26(30)34)19-10-12-20(35-2)13-11-19/h3,6-8,10-13H,1,4-5,9,14-17H2,2H3,(H2,27,33)/b8-6-,18-7+. The van der Waals surface area contributed by atoms with Gasteiger partial charge in [0.25, 0.3) is 11.8 Å². The van der Waals surface area contributed by atoms with E-state index in [1.807, 2.05) is 17.1 Å². The normalized spacial score (nSPS) is 16.5. The molecular weight excluding hydrogens is 446 g/mol. The van der Waals surface area contributed by atoms with E-state index in [-0.39, 0.29) is 17.5 Å². The average Bonchev–Trinajstić information content (AvgIpc) is 3.26. The molecular formula is C26H29N5O4. The van der Waals surface area contributed by atoms with Crippen LogP contribution in [-0.2, 0) is 11.2 Å². The Morgan fingerprint density at radius 3 is 2.60 bits per heavy atom. The lowest BCUT2D eigenvalue weighted by molar-refractivity contribution is -0.132. The number of primary amides is 1. The molecule has 2 aliphatic rings. The number of carbonyl (C=O) groups excluding carboxylic acids is 3. The zero-order chi connectivity index (χ0) is 24.9. The van der Waals surface area contributed by atoms with Crippen LogP contribution in [0.2, 0.25) is 0 Å². The fourth-order valence-electron chi connectivity index (χ4n) is 4.43. The third-order valence-corrected chi connectivity index (χ3v) is 6.20. The van der Waals surface area contributed by atoms with Crippen LogP contribution in [0.15, 0.2) is 60.8 Å². The topological polar surface area (TPSA) is 111 Å². The number of hydrogen-bond acceptors (Lipinski definition) is 5. The van der Waals surface area contributed by atoms with Gasteiger partial charge in [0.15, 0.2) is 5.69 Å². The van der Waals surface area contributed by atoms with Crippen LogP contribution in [0.3, 0.4) is 0 Å². The number of nitrogens with two attached hydrogens (primary N) is 1. The van der Waals surface area contributed by atoms with Gasteiger partial charge in [-0.1, -0.05) is 18.7 Å². The van der Waals surface area contributed by atoms with Crippen molar-refractivity contribution in [3.63, 3.8) is 0 Å². The molecule has 2 aliphatic heterocycles. The summed E-state index contributed by atoms with van der Waals surface area (Å²) >= 11 is 0. The maximum absolute atomic E-state index is 13.7. The summed E-state index contributed by atoms with van der Waals surface area (Å²) < 4.78 is 6.68. The van der Waals surface area contributed by atoms with Crippen molar-refractivity contribution in [1.29, 1.82) is 0 Å². The lowest BCUT2D eigenvalue weighted by Crippen LogP contribution is -2.38. The molecule has 1 aromatic heterocycles. The number of rotatable bonds is 8. The SMILES string of the molecule is C=C/C=C(\C=C/CN1CCCCC1=O)N1CCc2c(C(N)=O)nn(-c3ccc(OC)cc3)c2C1=O. The van der Waals surface area contributed by atoms with E-state index >= 15 is 0 Å². The lowest BCUT2D eigenvalue weighted by atomic mass is 10.0. The second-order valence-electron chi connectivity index (χ2n) is 8.38. The van der Waals surface area contributed by atoms with Crippen LogP contribution in [0.1, 0.15) is 45.8 Å². The van der Waals surface area contributed by atoms with Crippen LogP contribution in [0.4, 0.5) is 0 Å². The number of fused-ring (bicyclic) bond motifs is 1. The van der Waals surface area contributed by atoms with E-state index in [1.54, 1.807) is 48.4 Å². The van der Waals surface area contributed by atoms with Gasteiger partial charge in [-0.3, -0.25) is 14.4 Å². The second-order valence-corrected chi connectivity index (χ2v) is 8.38. The first-order valence-corrected chi connectivity index (χ1v) is 11.6. The molecule has 2 aromatic rings. The summed E-state index contributed by atoms with van der Waals surface area (Å²) in [5.41, 5.74) is 7.76. The molecule has 0 aliphatic carbocycles. The van der Waals surface area contributed by atoms with Crippen LogP contribution < -0.4 is 10.5 Å². The van der Waals surface area contributed by atoms with Crippen LogP contribution in [0.5, 0.6) is 5.75 Å². The monoisotopic (exact) mass is 475 g/mol. The van der Waals surface area contributed by atoms with Gasteiger partial charge in [-0.25, -0.2) is 4.68 Å². The predicted octanol–water partition coefficient (Wildman–Crippen LogP) is 2.62. The molecule has 0 radical (unpaired) electrons. The Bertz CT molecular complexity index is 1210. The minimum atomic E-state index is -0.678. The molecule has 1 fully saturated rings. The molecule has 0 bridgehead atoms.